The first-order valence-corrected chi connectivity index (χ1v) is 8.67. The summed E-state index contributed by atoms with van der Waals surface area (Å²) in [5.41, 5.74) is 2.79. The third-order valence-electron chi connectivity index (χ3n) is 4.22. The van der Waals surface area contributed by atoms with Gasteiger partial charge in [0.1, 0.15) is 5.82 Å². The molecular formula is C18H23N5O3. The van der Waals surface area contributed by atoms with Crippen molar-refractivity contribution in [3.8, 4) is 11.4 Å². The number of amides is 1. The third kappa shape index (κ3) is 4.33. The van der Waals surface area contributed by atoms with Crippen LogP contribution in [-0.2, 0) is 22.5 Å². The van der Waals surface area contributed by atoms with Crippen molar-refractivity contribution < 1.29 is 14.6 Å². The Bertz CT molecular complexity index is 754. The summed E-state index contributed by atoms with van der Waals surface area (Å²) in [5.74, 6) is 1.43. The Morgan fingerprint density at radius 3 is 2.85 bits per heavy atom. The summed E-state index contributed by atoms with van der Waals surface area (Å²) in [7, 11) is 0. The lowest BCUT2D eigenvalue weighted by atomic mass is 10.0. The van der Waals surface area contributed by atoms with Gasteiger partial charge in [0.2, 0.25) is 5.91 Å². The maximum atomic E-state index is 11.7. The first kappa shape index (κ1) is 18.2. The smallest absolute Gasteiger partial charge is 0.219 e. The van der Waals surface area contributed by atoms with Gasteiger partial charge in [-0.05, 0) is 18.6 Å². The molecule has 3 rings (SSSR count). The van der Waals surface area contributed by atoms with Gasteiger partial charge in [-0.3, -0.25) is 9.78 Å². The number of hydrogen-bond donors (Lipinski definition) is 2. The summed E-state index contributed by atoms with van der Waals surface area (Å²) in [6.07, 6.45) is 4.12. The van der Waals surface area contributed by atoms with Crippen LogP contribution in [0, 0.1) is 0 Å². The lowest BCUT2D eigenvalue weighted by Gasteiger charge is -2.28. The van der Waals surface area contributed by atoms with Gasteiger partial charge < -0.3 is 20.1 Å². The number of rotatable bonds is 7. The minimum absolute atomic E-state index is 0.00990. The number of aliphatic hydroxyl groups excluding tert-OH is 1. The Balaban J connectivity index is 1.86. The number of nitrogens with one attached hydrogen (secondary N) is 1. The Hall–Kier alpha value is -2.58. The molecule has 0 spiro atoms. The number of nitrogens with zero attached hydrogens (tertiary/aromatic N) is 4. The normalized spacial score (nSPS) is 13.4. The summed E-state index contributed by atoms with van der Waals surface area (Å²) < 4.78 is 5.29. The highest BCUT2D eigenvalue weighted by atomic mass is 16.5. The van der Waals surface area contributed by atoms with Crippen LogP contribution in [0.5, 0.6) is 0 Å². The monoisotopic (exact) mass is 357 g/mol. The van der Waals surface area contributed by atoms with Crippen molar-refractivity contribution in [3.05, 3.63) is 35.8 Å². The number of hydrogen-bond acceptors (Lipinski definition) is 7. The molecule has 0 bridgehead atoms. The number of pyridine rings is 1. The van der Waals surface area contributed by atoms with E-state index < -0.39 is 0 Å². The number of carbonyl (C=O) groups excluding carboxylic acids is 1. The van der Waals surface area contributed by atoms with E-state index in [0.29, 0.717) is 45.1 Å². The zero-order valence-electron chi connectivity index (χ0n) is 14.8. The van der Waals surface area contributed by atoms with E-state index in [1.807, 2.05) is 12.1 Å². The van der Waals surface area contributed by atoms with E-state index in [4.69, 9.17) is 14.8 Å². The zero-order valence-corrected chi connectivity index (χ0v) is 14.8. The van der Waals surface area contributed by atoms with Gasteiger partial charge in [-0.15, -0.1) is 0 Å². The van der Waals surface area contributed by atoms with Crippen molar-refractivity contribution in [2.24, 2.45) is 0 Å². The molecule has 0 atom stereocenters. The highest BCUT2D eigenvalue weighted by Gasteiger charge is 2.24. The minimum atomic E-state index is 0.00990. The van der Waals surface area contributed by atoms with E-state index in [1.165, 1.54) is 0 Å². The van der Waals surface area contributed by atoms with Crippen molar-refractivity contribution in [2.45, 2.75) is 19.9 Å². The van der Waals surface area contributed by atoms with Crippen LogP contribution in [0.1, 0.15) is 18.2 Å². The van der Waals surface area contributed by atoms with Crippen LogP contribution in [0.4, 0.5) is 5.82 Å². The summed E-state index contributed by atoms with van der Waals surface area (Å²) in [5, 5.41) is 12.1. The van der Waals surface area contributed by atoms with Crippen LogP contribution in [0.2, 0.25) is 0 Å². The molecule has 2 aromatic rings. The molecule has 1 amide bonds. The predicted octanol–water partition coefficient (Wildman–Crippen LogP) is 0.864. The average Bonchev–Trinajstić information content (AvgIpc) is 2.67. The molecular weight excluding hydrogens is 334 g/mol. The largest absolute Gasteiger partial charge is 0.394 e. The van der Waals surface area contributed by atoms with Gasteiger partial charge in [-0.1, -0.05) is 0 Å². The molecule has 0 radical (unpaired) electrons. The Morgan fingerprint density at radius 2 is 2.12 bits per heavy atom. The molecule has 138 valence electrons. The second-order valence-electron chi connectivity index (χ2n) is 6.01. The molecule has 0 aromatic carbocycles. The van der Waals surface area contributed by atoms with Crippen molar-refractivity contribution in [3.63, 3.8) is 0 Å². The van der Waals surface area contributed by atoms with Crippen molar-refractivity contribution in [1.82, 2.24) is 19.9 Å². The molecule has 0 saturated carbocycles. The van der Waals surface area contributed by atoms with Crippen molar-refractivity contribution in [1.29, 1.82) is 0 Å². The van der Waals surface area contributed by atoms with Crippen LogP contribution in [-0.4, -0.2) is 63.8 Å². The van der Waals surface area contributed by atoms with E-state index in [9.17, 15) is 4.79 Å². The Morgan fingerprint density at radius 1 is 1.31 bits per heavy atom. The highest BCUT2D eigenvalue weighted by Crippen LogP contribution is 2.27. The second kappa shape index (κ2) is 8.68. The summed E-state index contributed by atoms with van der Waals surface area (Å²) in [6.45, 7) is 4.11. The molecule has 2 aromatic heterocycles. The van der Waals surface area contributed by atoms with Crippen LogP contribution >= 0.6 is 0 Å². The maximum Gasteiger partial charge on any atom is 0.219 e. The quantitative estimate of drug-likeness (QED) is 0.709. The minimum Gasteiger partial charge on any atom is -0.394 e. The fourth-order valence-corrected chi connectivity index (χ4v) is 2.88. The van der Waals surface area contributed by atoms with E-state index in [0.717, 1.165) is 22.6 Å². The number of carbonyl (C=O) groups is 1. The van der Waals surface area contributed by atoms with Gasteiger partial charge in [0.15, 0.2) is 5.82 Å². The number of aliphatic hydroxyl groups is 1. The van der Waals surface area contributed by atoms with Crippen LogP contribution in [0.3, 0.4) is 0 Å². The van der Waals surface area contributed by atoms with Gasteiger partial charge in [-0.2, -0.15) is 0 Å². The molecule has 0 aliphatic carbocycles. The standard InChI is InChI=1S/C18H23N5O3/c1-13(25)23-8-4-15-16(12-23)21-17(14-2-5-19-6-3-14)22-18(15)20-7-10-26-11-9-24/h2-3,5-6,24H,4,7-12H2,1H3,(H,20,21,22). The van der Waals surface area contributed by atoms with Gasteiger partial charge in [0.05, 0.1) is 32.1 Å². The summed E-state index contributed by atoms with van der Waals surface area (Å²) in [6, 6.07) is 3.73. The van der Waals surface area contributed by atoms with Crippen LogP contribution in [0.15, 0.2) is 24.5 Å². The first-order chi connectivity index (χ1) is 12.7. The topological polar surface area (TPSA) is 100 Å². The number of fused-ring (bicyclic) bond motifs is 1. The third-order valence-corrected chi connectivity index (χ3v) is 4.22. The fourth-order valence-electron chi connectivity index (χ4n) is 2.88. The van der Waals surface area contributed by atoms with Crippen LogP contribution in [0.25, 0.3) is 11.4 Å². The van der Waals surface area contributed by atoms with Crippen molar-refractivity contribution >= 4 is 11.7 Å². The predicted molar refractivity (Wildman–Crippen MR) is 96.5 cm³/mol. The molecule has 0 saturated heterocycles. The van der Waals surface area contributed by atoms with E-state index in [2.05, 4.69) is 15.3 Å². The van der Waals surface area contributed by atoms with Crippen molar-refractivity contribution in [2.75, 3.05) is 38.2 Å². The molecule has 0 fully saturated rings. The molecule has 8 nitrogen and oxygen atoms in total. The molecule has 3 heterocycles. The summed E-state index contributed by atoms with van der Waals surface area (Å²) >= 11 is 0. The second-order valence-corrected chi connectivity index (χ2v) is 6.01. The van der Waals surface area contributed by atoms with E-state index >= 15 is 0 Å². The lowest BCUT2D eigenvalue weighted by molar-refractivity contribution is -0.129. The molecule has 8 heteroatoms. The van der Waals surface area contributed by atoms with Gasteiger partial charge in [0, 0.05) is 43.5 Å². The van der Waals surface area contributed by atoms with E-state index in [-0.39, 0.29) is 12.5 Å². The summed E-state index contributed by atoms with van der Waals surface area (Å²) in [4.78, 5) is 27.0. The van der Waals surface area contributed by atoms with Gasteiger partial charge >= 0.3 is 0 Å². The van der Waals surface area contributed by atoms with Gasteiger partial charge in [0.25, 0.3) is 0 Å². The zero-order chi connectivity index (χ0) is 18.4. The molecule has 0 unspecified atom stereocenters. The number of anilines is 1. The molecule has 1 aliphatic heterocycles. The molecule has 26 heavy (non-hydrogen) atoms. The number of ether oxygens (including phenoxy) is 1. The Kier molecular flexibility index (Phi) is 6.08. The Labute approximate surface area is 152 Å². The average molecular weight is 357 g/mol. The van der Waals surface area contributed by atoms with Crippen LogP contribution < -0.4 is 5.32 Å². The SMILES string of the molecule is CC(=O)N1CCc2c(nc(-c3ccncc3)nc2NCCOCCO)C1. The molecule has 2 N–H and O–H groups in total. The lowest BCUT2D eigenvalue weighted by Crippen LogP contribution is -2.35. The van der Waals surface area contributed by atoms with E-state index in [1.54, 1.807) is 24.2 Å². The number of aromatic nitrogens is 3. The first-order valence-electron chi connectivity index (χ1n) is 8.67. The maximum absolute atomic E-state index is 11.7. The molecule has 1 aliphatic rings. The highest BCUT2D eigenvalue weighted by molar-refractivity contribution is 5.74. The van der Waals surface area contributed by atoms with Gasteiger partial charge in [-0.25, -0.2) is 9.97 Å². The fraction of sp³-hybridized carbons (Fsp3) is 0.444.